The lowest BCUT2D eigenvalue weighted by atomic mass is 9.78. The molecule has 0 aliphatic heterocycles. The van der Waals surface area contributed by atoms with E-state index in [1.54, 1.807) is 0 Å². The fourth-order valence-corrected chi connectivity index (χ4v) is 4.35. The monoisotopic (exact) mass is 375 g/mol. The van der Waals surface area contributed by atoms with Crippen molar-refractivity contribution in [2.75, 3.05) is 0 Å². The molecular weight excluding hydrogens is 346 g/mol. The van der Waals surface area contributed by atoms with Gasteiger partial charge in [0.2, 0.25) is 0 Å². The average molecular weight is 376 g/mol. The van der Waals surface area contributed by atoms with Crippen molar-refractivity contribution in [3.63, 3.8) is 0 Å². The minimum atomic E-state index is -3.60. The third-order valence-corrected chi connectivity index (χ3v) is 6.34. The van der Waals surface area contributed by atoms with Crippen molar-refractivity contribution in [1.82, 2.24) is 0 Å². The highest BCUT2D eigenvalue weighted by Gasteiger charge is 2.30. The van der Waals surface area contributed by atoms with E-state index in [-0.39, 0.29) is 23.0 Å². The molecule has 1 N–H and O–H groups in total. The lowest BCUT2D eigenvalue weighted by Crippen LogP contribution is -2.22. The second-order valence-electron chi connectivity index (χ2n) is 9.23. The molecule has 0 heterocycles. The summed E-state index contributed by atoms with van der Waals surface area (Å²) in [5.41, 5.74) is 2.61. The quantitative estimate of drug-likeness (QED) is 0.839. The number of sulfone groups is 1. The Labute approximate surface area is 157 Å². The maximum atomic E-state index is 12.5. The van der Waals surface area contributed by atoms with E-state index in [0.29, 0.717) is 0 Å². The number of hydrogen-bond donors (Lipinski definition) is 1. The van der Waals surface area contributed by atoms with Crippen molar-refractivity contribution in [2.24, 2.45) is 0 Å². The molecule has 142 valence electrons. The number of hydrogen-bond acceptors (Lipinski definition) is 4. The van der Waals surface area contributed by atoms with E-state index in [1.807, 2.05) is 59.7 Å². The summed E-state index contributed by atoms with van der Waals surface area (Å²) < 4.78 is 25.0. The van der Waals surface area contributed by atoms with Gasteiger partial charge in [-0.2, -0.15) is 5.26 Å². The molecule has 1 aliphatic rings. The van der Waals surface area contributed by atoms with Crippen LogP contribution in [-0.4, -0.2) is 18.8 Å². The molecule has 4 nitrogen and oxygen atoms in total. The van der Waals surface area contributed by atoms with Crippen molar-refractivity contribution in [3.05, 3.63) is 39.8 Å². The van der Waals surface area contributed by atoms with Crippen LogP contribution >= 0.6 is 0 Å². The molecule has 1 aliphatic carbocycles. The van der Waals surface area contributed by atoms with E-state index in [0.717, 1.165) is 35.1 Å². The highest BCUT2D eigenvalue weighted by atomic mass is 32.2. The minimum absolute atomic E-state index is 0.120. The maximum absolute atomic E-state index is 12.5. The molecular formula is C21H29NO3S. The Bertz CT molecular complexity index is 834. The topological polar surface area (TPSA) is 78.2 Å². The van der Waals surface area contributed by atoms with Gasteiger partial charge in [-0.1, -0.05) is 59.2 Å². The third kappa shape index (κ3) is 4.67. The van der Waals surface area contributed by atoms with Crippen LogP contribution in [0.2, 0.25) is 0 Å². The Kier molecular flexibility index (Phi) is 5.31. The van der Waals surface area contributed by atoms with Gasteiger partial charge in [-0.3, -0.25) is 0 Å². The molecule has 0 radical (unpaired) electrons. The number of phenols is 1. The molecule has 1 fully saturated rings. The largest absolute Gasteiger partial charge is 0.507 e. The Balaban J connectivity index is 2.52. The SMILES string of the molecule is CC(C)(C)c1cc(CC(C#N)S(=O)(=O)C=C2CC2)cc(C(C)(C)C)c1O. The predicted octanol–water partition coefficient (Wildman–Crippen LogP) is 4.51. The number of nitrogens with zero attached hydrogens (tertiary/aromatic N) is 1. The first-order valence-corrected chi connectivity index (χ1v) is 10.6. The summed E-state index contributed by atoms with van der Waals surface area (Å²) in [6, 6.07) is 5.64. The Morgan fingerprint density at radius 1 is 1.12 bits per heavy atom. The van der Waals surface area contributed by atoms with Crippen LogP contribution in [-0.2, 0) is 27.1 Å². The van der Waals surface area contributed by atoms with Gasteiger partial charge in [0.15, 0.2) is 15.1 Å². The van der Waals surface area contributed by atoms with Gasteiger partial charge in [-0.05, 0) is 40.4 Å². The first kappa shape index (κ1) is 20.5. The third-order valence-electron chi connectivity index (χ3n) is 4.62. The molecule has 0 bridgehead atoms. The van der Waals surface area contributed by atoms with Crippen molar-refractivity contribution in [3.8, 4) is 11.8 Å². The summed E-state index contributed by atoms with van der Waals surface area (Å²) in [6.45, 7) is 12.0. The molecule has 0 spiro atoms. The summed E-state index contributed by atoms with van der Waals surface area (Å²) in [4.78, 5) is 0. The van der Waals surface area contributed by atoms with E-state index < -0.39 is 15.1 Å². The lowest BCUT2D eigenvalue weighted by molar-refractivity contribution is 0.422. The molecule has 0 saturated heterocycles. The molecule has 0 amide bonds. The van der Waals surface area contributed by atoms with Crippen LogP contribution in [0.25, 0.3) is 0 Å². The number of allylic oxidation sites excluding steroid dienone is 1. The molecule has 2 rings (SSSR count). The summed E-state index contributed by atoms with van der Waals surface area (Å²) >= 11 is 0. The summed E-state index contributed by atoms with van der Waals surface area (Å²) in [5.74, 6) is 0.255. The van der Waals surface area contributed by atoms with E-state index in [9.17, 15) is 18.8 Å². The van der Waals surface area contributed by atoms with Gasteiger partial charge in [0.05, 0.1) is 6.07 Å². The van der Waals surface area contributed by atoms with Gasteiger partial charge in [0.1, 0.15) is 5.75 Å². The number of benzene rings is 1. The zero-order chi connectivity index (χ0) is 19.9. The second-order valence-corrected chi connectivity index (χ2v) is 11.2. The smallest absolute Gasteiger partial charge is 0.188 e. The van der Waals surface area contributed by atoms with Gasteiger partial charge in [-0.15, -0.1) is 0 Å². The molecule has 1 aromatic rings. The zero-order valence-corrected chi connectivity index (χ0v) is 17.4. The van der Waals surface area contributed by atoms with E-state index >= 15 is 0 Å². The molecule has 0 aromatic heterocycles. The fraction of sp³-hybridized carbons (Fsp3) is 0.571. The van der Waals surface area contributed by atoms with Crippen LogP contribution in [0.3, 0.4) is 0 Å². The highest BCUT2D eigenvalue weighted by Crippen LogP contribution is 2.40. The van der Waals surface area contributed by atoms with Crippen LogP contribution in [0.1, 0.15) is 71.1 Å². The van der Waals surface area contributed by atoms with Gasteiger partial charge in [0.25, 0.3) is 0 Å². The predicted molar refractivity (Wildman–Crippen MR) is 105 cm³/mol. The van der Waals surface area contributed by atoms with Crippen molar-refractivity contribution in [1.29, 1.82) is 5.26 Å². The van der Waals surface area contributed by atoms with Gasteiger partial charge >= 0.3 is 0 Å². The Morgan fingerprint density at radius 2 is 1.58 bits per heavy atom. The first-order valence-electron chi connectivity index (χ1n) is 8.95. The van der Waals surface area contributed by atoms with Crippen molar-refractivity contribution in [2.45, 2.75) is 76.9 Å². The number of rotatable bonds is 4. The normalized spacial score (nSPS) is 16.1. The lowest BCUT2D eigenvalue weighted by Gasteiger charge is -2.28. The van der Waals surface area contributed by atoms with Crippen LogP contribution in [0.15, 0.2) is 23.1 Å². The van der Waals surface area contributed by atoms with Crippen LogP contribution in [0, 0.1) is 11.3 Å². The maximum Gasteiger partial charge on any atom is 0.188 e. The number of nitriles is 1. The second kappa shape index (κ2) is 6.74. The number of aromatic hydroxyl groups is 1. The Morgan fingerprint density at radius 3 is 1.92 bits per heavy atom. The molecule has 26 heavy (non-hydrogen) atoms. The minimum Gasteiger partial charge on any atom is -0.507 e. The van der Waals surface area contributed by atoms with Gasteiger partial charge in [0, 0.05) is 11.8 Å². The zero-order valence-electron chi connectivity index (χ0n) is 16.5. The van der Waals surface area contributed by atoms with Crippen LogP contribution in [0.4, 0.5) is 0 Å². The number of phenolic OH excluding ortho intramolecular Hbond substituents is 1. The van der Waals surface area contributed by atoms with Gasteiger partial charge < -0.3 is 5.11 Å². The summed E-state index contributed by atoms with van der Waals surface area (Å²) in [5, 5.41) is 20.4. The summed E-state index contributed by atoms with van der Waals surface area (Å²) in [6.07, 6.45) is 1.73. The van der Waals surface area contributed by atoms with Crippen molar-refractivity contribution >= 4 is 9.84 Å². The highest BCUT2D eigenvalue weighted by molar-refractivity contribution is 7.95. The van der Waals surface area contributed by atoms with E-state index in [4.69, 9.17) is 0 Å². The Hall–Kier alpha value is -1.80. The van der Waals surface area contributed by atoms with Crippen molar-refractivity contribution < 1.29 is 13.5 Å². The van der Waals surface area contributed by atoms with E-state index in [2.05, 4.69) is 0 Å². The van der Waals surface area contributed by atoms with Gasteiger partial charge in [-0.25, -0.2) is 8.42 Å². The molecule has 5 heteroatoms. The molecule has 1 atom stereocenters. The molecule has 1 aromatic carbocycles. The first-order chi connectivity index (χ1) is 11.8. The molecule has 1 saturated carbocycles. The average Bonchev–Trinajstić information content (AvgIpc) is 3.26. The van der Waals surface area contributed by atoms with E-state index in [1.165, 1.54) is 5.41 Å². The molecule has 1 unspecified atom stereocenters. The standard InChI is InChI=1S/C21H29NO3S/c1-20(2,3)17-10-15(11-18(19(17)23)21(4,5)6)9-16(12-22)26(24,25)13-14-7-8-14/h10-11,13,16,23H,7-9H2,1-6H3. The van der Waals surface area contributed by atoms with Crippen LogP contribution < -0.4 is 0 Å². The fourth-order valence-electron chi connectivity index (χ4n) is 2.91. The summed E-state index contributed by atoms with van der Waals surface area (Å²) in [7, 11) is -3.60. The van der Waals surface area contributed by atoms with Crippen LogP contribution in [0.5, 0.6) is 5.75 Å².